The van der Waals surface area contributed by atoms with Crippen molar-refractivity contribution in [1.29, 1.82) is 0 Å². The summed E-state index contributed by atoms with van der Waals surface area (Å²) in [5.41, 5.74) is 1.64. The van der Waals surface area contributed by atoms with Crippen molar-refractivity contribution in [3.05, 3.63) is 70.3 Å². The number of amides is 1. The Morgan fingerprint density at radius 2 is 1.80 bits per heavy atom. The van der Waals surface area contributed by atoms with E-state index in [9.17, 15) is 9.59 Å². The number of fused-ring (bicyclic) bond motifs is 2. The van der Waals surface area contributed by atoms with Crippen LogP contribution in [0.25, 0.3) is 21.9 Å². The van der Waals surface area contributed by atoms with Crippen LogP contribution >= 0.6 is 0 Å². The molecule has 0 unspecified atom stereocenters. The maximum Gasteiger partial charge on any atom is 0.336 e. The molecule has 1 aliphatic carbocycles. The zero-order valence-corrected chi connectivity index (χ0v) is 23.6. The predicted octanol–water partition coefficient (Wildman–Crippen LogP) is 5.30. The van der Waals surface area contributed by atoms with E-state index in [1.54, 1.807) is 19.2 Å². The van der Waals surface area contributed by atoms with E-state index in [2.05, 4.69) is 22.3 Å². The smallest absolute Gasteiger partial charge is 0.336 e. The first kappa shape index (κ1) is 27.6. The van der Waals surface area contributed by atoms with Crippen molar-refractivity contribution < 1.29 is 13.9 Å². The van der Waals surface area contributed by atoms with Crippen molar-refractivity contribution >= 4 is 33.6 Å². The summed E-state index contributed by atoms with van der Waals surface area (Å²) in [5.74, 6) is 3.64. The monoisotopic (exact) mass is 542 g/mol. The van der Waals surface area contributed by atoms with E-state index in [1.807, 2.05) is 32.3 Å². The fourth-order valence-electron chi connectivity index (χ4n) is 5.81. The van der Waals surface area contributed by atoms with Crippen molar-refractivity contribution in [2.45, 2.75) is 51.4 Å². The largest absolute Gasteiger partial charge is 0.497 e. The fraction of sp³-hybridized carbons (Fsp3) is 0.438. The summed E-state index contributed by atoms with van der Waals surface area (Å²) in [6.45, 7) is 0.678. The normalized spacial score (nSPS) is 17.2. The molecule has 0 radical (unpaired) electrons. The Morgan fingerprint density at radius 1 is 1.02 bits per heavy atom. The highest BCUT2D eigenvalue weighted by atomic mass is 16.5. The van der Waals surface area contributed by atoms with E-state index >= 15 is 0 Å². The number of anilines is 1. The Hall–Kier alpha value is -3.94. The molecule has 1 fully saturated rings. The maximum absolute atomic E-state index is 12.7. The van der Waals surface area contributed by atoms with Crippen molar-refractivity contribution in [1.82, 2.24) is 15.3 Å². The van der Waals surface area contributed by atoms with E-state index < -0.39 is 5.63 Å². The lowest BCUT2D eigenvalue weighted by molar-refractivity contribution is -0.120. The zero-order chi connectivity index (χ0) is 28.1. The lowest BCUT2D eigenvalue weighted by Crippen LogP contribution is -2.32. The van der Waals surface area contributed by atoms with E-state index in [1.165, 1.54) is 25.3 Å². The lowest BCUT2D eigenvalue weighted by Gasteiger charge is -2.28. The second-order valence-corrected chi connectivity index (χ2v) is 11.1. The van der Waals surface area contributed by atoms with Gasteiger partial charge in [-0.05, 0) is 60.9 Å². The third kappa shape index (κ3) is 6.61. The number of aryl methyl sites for hydroxylation is 1. The standard InChI is InChI=1S/C32H38N4O4/c1-36(2)32-26-8-4-5-9-27(26)34-29(35-32)10-6-7-21-11-13-22(14-12-21)20-33-30(37)17-23-18-31(38)40-28-19-24(39-3)15-16-25(23)28/h4-5,8-9,15-16,18-19,21-22H,6-7,10-14,17,20H2,1-3H3,(H,33,37). The van der Waals surface area contributed by atoms with Crippen molar-refractivity contribution in [3.8, 4) is 5.75 Å². The molecule has 0 atom stereocenters. The minimum absolute atomic E-state index is 0.0719. The molecule has 40 heavy (non-hydrogen) atoms. The first-order valence-electron chi connectivity index (χ1n) is 14.2. The molecule has 1 amide bonds. The zero-order valence-electron chi connectivity index (χ0n) is 23.6. The number of para-hydroxylation sites is 1. The van der Waals surface area contributed by atoms with Crippen LogP contribution in [0.5, 0.6) is 5.75 Å². The van der Waals surface area contributed by atoms with Crippen LogP contribution in [-0.2, 0) is 17.6 Å². The molecule has 8 nitrogen and oxygen atoms in total. The topological polar surface area (TPSA) is 97.6 Å². The Labute approximate surface area is 234 Å². The molecule has 4 aromatic rings. The molecule has 0 aliphatic heterocycles. The van der Waals surface area contributed by atoms with Gasteiger partial charge in [-0.1, -0.05) is 31.4 Å². The highest BCUT2D eigenvalue weighted by molar-refractivity contribution is 5.89. The van der Waals surface area contributed by atoms with E-state index in [4.69, 9.17) is 19.1 Å². The number of methoxy groups -OCH3 is 1. The van der Waals surface area contributed by atoms with Gasteiger partial charge in [-0.2, -0.15) is 0 Å². The molecule has 2 heterocycles. The number of benzene rings is 2. The summed E-state index contributed by atoms with van der Waals surface area (Å²) in [5, 5.41) is 4.94. The molecular formula is C32H38N4O4. The van der Waals surface area contributed by atoms with Crippen LogP contribution < -0.4 is 20.6 Å². The summed E-state index contributed by atoms with van der Waals surface area (Å²) in [6, 6.07) is 14.9. The van der Waals surface area contributed by atoms with Gasteiger partial charge in [-0.3, -0.25) is 4.79 Å². The van der Waals surface area contributed by atoms with Gasteiger partial charge in [0.1, 0.15) is 23.0 Å². The Morgan fingerprint density at radius 3 is 2.58 bits per heavy atom. The molecule has 1 saturated carbocycles. The molecular weight excluding hydrogens is 504 g/mol. The second-order valence-electron chi connectivity index (χ2n) is 11.1. The van der Waals surface area contributed by atoms with Crippen LogP contribution in [0.1, 0.15) is 49.9 Å². The van der Waals surface area contributed by atoms with Crippen LogP contribution in [0.4, 0.5) is 5.82 Å². The van der Waals surface area contributed by atoms with Gasteiger partial charge in [0.05, 0.1) is 19.0 Å². The van der Waals surface area contributed by atoms with Crippen molar-refractivity contribution in [2.24, 2.45) is 11.8 Å². The molecule has 2 aromatic heterocycles. The third-order valence-electron chi connectivity index (χ3n) is 8.01. The summed E-state index contributed by atoms with van der Waals surface area (Å²) in [6.07, 6.45) is 7.93. The molecule has 2 aromatic carbocycles. The molecule has 0 bridgehead atoms. The van der Waals surface area contributed by atoms with Gasteiger partial charge in [-0.25, -0.2) is 14.8 Å². The van der Waals surface area contributed by atoms with Crippen molar-refractivity contribution in [3.63, 3.8) is 0 Å². The van der Waals surface area contributed by atoms with Crippen LogP contribution in [0, 0.1) is 11.8 Å². The number of nitrogens with zero attached hydrogens (tertiary/aromatic N) is 3. The number of hydrogen-bond acceptors (Lipinski definition) is 7. The minimum Gasteiger partial charge on any atom is -0.497 e. The lowest BCUT2D eigenvalue weighted by atomic mass is 9.80. The molecule has 210 valence electrons. The number of carbonyl (C=O) groups is 1. The van der Waals surface area contributed by atoms with E-state index in [0.29, 0.717) is 35.3 Å². The molecule has 1 aliphatic rings. The van der Waals surface area contributed by atoms with Crippen LogP contribution in [0.2, 0.25) is 0 Å². The summed E-state index contributed by atoms with van der Waals surface area (Å²) >= 11 is 0. The summed E-state index contributed by atoms with van der Waals surface area (Å²) < 4.78 is 10.5. The van der Waals surface area contributed by atoms with Crippen LogP contribution in [-0.4, -0.2) is 43.6 Å². The van der Waals surface area contributed by atoms with Gasteiger partial charge < -0.3 is 19.4 Å². The third-order valence-corrected chi connectivity index (χ3v) is 8.01. The van der Waals surface area contributed by atoms with Crippen LogP contribution in [0.15, 0.2) is 57.7 Å². The van der Waals surface area contributed by atoms with Crippen LogP contribution in [0.3, 0.4) is 0 Å². The van der Waals surface area contributed by atoms with Crippen molar-refractivity contribution in [2.75, 3.05) is 32.6 Å². The van der Waals surface area contributed by atoms with Gasteiger partial charge in [0.15, 0.2) is 0 Å². The highest BCUT2D eigenvalue weighted by Gasteiger charge is 2.22. The average molecular weight is 543 g/mol. The number of ether oxygens (including phenoxy) is 1. The van der Waals surface area contributed by atoms with E-state index in [0.717, 1.165) is 53.6 Å². The SMILES string of the molecule is COc1ccc2c(CC(=O)NCC3CCC(CCCc4nc(N(C)C)c5ccccc5n4)CC3)cc(=O)oc2c1. The quantitative estimate of drug-likeness (QED) is 0.272. The summed E-state index contributed by atoms with van der Waals surface area (Å²) in [4.78, 5) is 36.5. The highest BCUT2D eigenvalue weighted by Crippen LogP contribution is 2.32. The molecule has 1 N–H and O–H groups in total. The van der Waals surface area contributed by atoms with Gasteiger partial charge in [0.25, 0.3) is 0 Å². The van der Waals surface area contributed by atoms with E-state index in [-0.39, 0.29) is 12.3 Å². The van der Waals surface area contributed by atoms with Gasteiger partial charge >= 0.3 is 5.63 Å². The van der Waals surface area contributed by atoms with Gasteiger partial charge in [-0.15, -0.1) is 0 Å². The average Bonchev–Trinajstić information content (AvgIpc) is 2.95. The Balaban J connectivity index is 1.07. The van der Waals surface area contributed by atoms with Gasteiger partial charge in [0.2, 0.25) is 5.91 Å². The Kier molecular flexibility index (Phi) is 8.63. The first-order chi connectivity index (χ1) is 19.4. The predicted molar refractivity (Wildman–Crippen MR) is 158 cm³/mol. The fourth-order valence-corrected chi connectivity index (χ4v) is 5.81. The number of carbonyl (C=O) groups excluding carboxylic acids is 1. The summed E-state index contributed by atoms with van der Waals surface area (Å²) in [7, 11) is 5.62. The first-order valence-corrected chi connectivity index (χ1v) is 14.2. The minimum atomic E-state index is -0.466. The van der Waals surface area contributed by atoms with Gasteiger partial charge in [0, 0.05) is 50.0 Å². The number of rotatable bonds is 10. The second kappa shape index (κ2) is 12.5. The maximum atomic E-state index is 12.7. The molecule has 5 rings (SSSR count). The molecule has 8 heteroatoms. The number of nitrogens with one attached hydrogen (secondary N) is 1. The molecule has 0 saturated heterocycles. The number of hydrogen-bond donors (Lipinski definition) is 1. The Bertz CT molecular complexity index is 1540. The molecule has 0 spiro atoms. The number of aromatic nitrogens is 2.